The maximum absolute atomic E-state index is 11.7. The smallest absolute Gasteiger partial charge is 0.328 e. The number of aliphatic hydroxyl groups is 1. The van der Waals surface area contributed by atoms with Gasteiger partial charge in [-0.25, -0.2) is 9.59 Å². The fraction of sp³-hybridized carbons (Fsp3) is 0.800. The number of urea groups is 1. The minimum absolute atomic E-state index is 0.00640. The predicted molar refractivity (Wildman–Crippen MR) is 59.2 cm³/mol. The van der Waals surface area contributed by atoms with Crippen LogP contribution in [0.3, 0.4) is 0 Å². The zero-order chi connectivity index (χ0) is 12.7. The number of carbonyl (C=O) groups excluding carboxylic acids is 1. The van der Waals surface area contributed by atoms with Crippen molar-refractivity contribution in [3.05, 3.63) is 0 Å². The Morgan fingerprint density at radius 3 is 2.25 bits per heavy atom. The number of nitrogens with one attached hydrogen (secondary N) is 1. The third-order valence-electron chi connectivity index (χ3n) is 2.13. The van der Waals surface area contributed by atoms with E-state index in [0.29, 0.717) is 6.54 Å². The number of aliphatic carboxylic acids is 1. The summed E-state index contributed by atoms with van der Waals surface area (Å²) in [4.78, 5) is 23.8. The highest BCUT2D eigenvalue weighted by Gasteiger charge is 2.23. The molecule has 0 heterocycles. The number of carbonyl (C=O) groups is 2. The molecule has 6 heteroatoms. The second-order valence-electron chi connectivity index (χ2n) is 3.81. The lowest BCUT2D eigenvalue weighted by Gasteiger charge is -2.27. The quantitative estimate of drug-likeness (QED) is 0.613. The summed E-state index contributed by atoms with van der Waals surface area (Å²) >= 11 is 0. The number of carboxylic acid groups (broad SMARTS) is 1. The molecule has 3 N–H and O–H groups in total. The van der Waals surface area contributed by atoms with E-state index < -0.39 is 24.6 Å². The molecule has 0 saturated heterocycles. The Balaban J connectivity index is 4.44. The third kappa shape index (κ3) is 4.48. The van der Waals surface area contributed by atoms with E-state index in [1.165, 1.54) is 4.90 Å². The van der Waals surface area contributed by atoms with E-state index in [1.54, 1.807) is 0 Å². The molecular weight excluding hydrogens is 212 g/mol. The molecule has 94 valence electrons. The second kappa shape index (κ2) is 7.05. The first-order valence-corrected chi connectivity index (χ1v) is 5.34. The lowest BCUT2D eigenvalue weighted by atomic mass is 10.3. The molecule has 0 aliphatic rings. The highest BCUT2D eigenvalue weighted by molar-refractivity contribution is 5.82. The average Bonchev–Trinajstić information content (AvgIpc) is 2.21. The number of amides is 2. The van der Waals surface area contributed by atoms with Gasteiger partial charge in [-0.1, -0.05) is 6.92 Å². The van der Waals surface area contributed by atoms with Gasteiger partial charge in [0.15, 0.2) is 6.04 Å². The van der Waals surface area contributed by atoms with Gasteiger partial charge in [-0.3, -0.25) is 0 Å². The van der Waals surface area contributed by atoms with Crippen molar-refractivity contribution in [3.8, 4) is 0 Å². The topological polar surface area (TPSA) is 89.9 Å². The lowest BCUT2D eigenvalue weighted by molar-refractivity contribution is -0.140. The maximum Gasteiger partial charge on any atom is 0.328 e. The van der Waals surface area contributed by atoms with Gasteiger partial charge in [0.05, 0.1) is 6.61 Å². The molecule has 0 aromatic carbocycles. The Kier molecular flexibility index (Phi) is 6.48. The van der Waals surface area contributed by atoms with E-state index in [4.69, 9.17) is 10.2 Å². The molecule has 0 bridgehead atoms. The van der Waals surface area contributed by atoms with Gasteiger partial charge < -0.3 is 20.4 Å². The van der Waals surface area contributed by atoms with Crippen molar-refractivity contribution in [3.63, 3.8) is 0 Å². The monoisotopic (exact) mass is 232 g/mol. The summed E-state index contributed by atoms with van der Waals surface area (Å²) in [5.41, 5.74) is 0. The summed E-state index contributed by atoms with van der Waals surface area (Å²) in [6.07, 6.45) is 0.794. The largest absolute Gasteiger partial charge is 0.480 e. The number of hydrogen-bond acceptors (Lipinski definition) is 3. The zero-order valence-electron chi connectivity index (χ0n) is 9.93. The van der Waals surface area contributed by atoms with Crippen LogP contribution in [0.25, 0.3) is 0 Å². The minimum Gasteiger partial charge on any atom is -0.480 e. The Bertz CT molecular complexity index is 243. The van der Waals surface area contributed by atoms with Gasteiger partial charge in [-0.15, -0.1) is 0 Å². The van der Waals surface area contributed by atoms with Crippen LogP contribution in [-0.2, 0) is 4.79 Å². The molecule has 0 aromatic rings. The molecule has 0 unspecified atom stereocenters. The standard InChI is InChI=1S/C10H20N2O4/c1-4-5-12(7(2)3)10(16)11-8(6-13)9(14)15/h7-8,13H,4-6H2,1-3H3,(H,11,16)(H,14,15)/t8-/m0/s1. The van der Waals surface area contributed by atoms with Gasteiger partial charge in [-0.05, 0) is 20.3 Å². The number of aliphatic hydroxyl groups excluding tert-OH is 1. The van der Waals surface area contributed by atoms with Gasteiger partial charge in [0.25, 0.3) is 0 Å². The first-order chi connectivity index (χ1) is 7.43. The summed E-state index contributed by atoms with van der Waals surface area (Å²) in [6.45, 7) is 5.58. The van der Waals surface area contributed by atoms with Crippen molar-refractivity contribution in [1.29, 1.82) is 0 Å². The van der Waals surface area contributed by atoms with Crippen molar-refractivity contribution < 1.29 is 19.8 Å². The van der Waals surface area contributed by atoms with E-state index in [2.05, 4.69) is 5.32 Å². The summed E-state index contributed by atoms with van der Waals surface area (Å²) in [5.74, 6) is -1.24. The number of carboxylic acids is 1. The van der Waals surface area contributed by atoms with Crippen molar-refractivity contribution in [2.45, 2.75) is 39.3 Å². The second-order valence-corrected chi connectivity index (χ2v) is 3.81. The molecule has 0 aliphatic carbocycles. The van der Waals surface area contributed by atoms with E-state index in [9.17, 15) is 9.59 Å². The number of hydrogen-bond donors (Lipinski definition) is 3. The van der Waals surface area contributed by atoms with Crippen molar-refractivity contribution in [2.75, 3.05) is 13.2 Å². The molecule has 0 aliphatic heterocycles. The van der Waals surface area contributed by atoms with Crippen LogP contribution in [0.4, 0.5) is 4.79 Å². The average molecular weight is 232 g/mol. The SMILES string of the molecule is CCCN(C(=O)N[C@@H](CO)C(=O)O)C(C)C. The molecule has 0 saturated carbocycles. The van der Waals surface area contributed by atoms with Gasteiger partial charge in [0.1, 0.15) is 0 Å². The van der Waals surface area contributed by atoms with Crippen LogP contribution in [0.15, 0.2) is 0 Å². The Morgan fingerprint density at radius 1 is 1.38 bits per heavy atom. The number of nitrogens with zero attached hydrogens (tertiary/aromatic N) is 1. The summed E-state index contributed by atoms with van der Waals surface area (Å²) in [7, 11) is 0. The first-order valence-electron chi connectivity index (χ1n) is 5.34. The van der Waals surface area contributed by atoms with Crippen molar-refractivity contribution in [1.82, 2.24) is 10.2 Å². The van der Waals surface area contributed by atoms with Gasteiger partial charge in [0, 0.05) is 12.6 Å². The van der Waals surface area contributed by atoms with E-state index in [-0.39, 0.29) is 6.04 Å². The highest BCUT2D eigenvalue weighted by Crippen LogP contribution is 2.01. The van der Waals surface area contributed by atoms with E-state index in [1.807, 2.05) is 20.8 Å². The van der Waals surface area contributed by atoms with E-state index in [0.717, 1.165) is 6.42 Å². The minimum atomic E-state index is -1.24. The normalized spacial score (nSPS) is 12.3. The van der Waals surface area contributed by atoms with E-state index >= 15 is 0 Å². The van der Waals surface area contributed by atoms with Gasteiger partial charge in [-0.2, -0.15) is 0 Å². The molecule has 0 rings (SSSR count). The molecule has 16 heavy (non-hydrogen) atoms. The maximum atomic E-state index is 11.7. The van der Waals surface area contributed by atoms with Crippen LogP contribution in [0.5, 0.6) is 0 Å². The van der Waals surface area contributed by atoms with Crippen LogP contribution in [0.2, 0.25) is 0 Å². The van der Waals surface area contributed by atoms with Crippen LogP contribution < -0.4 is 5.32 Å². The molecule has 6 nitrogen and oxygen atoms in total. The molecule has 0 spiro atoms. The summed E-state index contributed by atoms with van der Waals surface area (Å²) in [6, 6.07) is -1.71. The Labute approximate surface area is 95.2 Å². The molecule has 0 aromatic heterocycles. The molecular formula is C10H20N2O4. The molecule has 0 fully saturated rings. The summed E-state index contributed by atoms with van der Waals surface area (Å²) in [5, 5.41) is 19.7. The fourth-order valence-electron chi connectivity index (χ4n) is 1.25. The zero-order valence-corrected chi connectivity index (χ0v) is 9.93. The van der Waals surface area contributed by atoms with Crippen molar-refractivity contribution >= 4 is 12.0 Å². The molecule has 1 atom stereocenters. The van der Waals surface area contributed by atoms with Crippen LogP contribution in [0.1, 0.15) is 27.2 Å². The molecule has 0 radical (unpaired) electrons. The van der Waals surface area contributed by atoms with Crippen LogP contribution >= 0.6 is 0 Å². The van der Waals surface area contributed by atoms with Crippen LogP contribution in [-0.4, -0.2) is 52.3 Å². The first kappa shape index (κ1) is 14.7. The van der Waals surface area contributed by atoms with Crippen molar-refractivity contribution in [2.24, 2.45) is 0 Å². The third-order valence-corrected chi connectivity index (χ3v) is 2.13. The Morgan fingerprint density at radius 2 is 1.94 bits per heavy atom. The molecule has 2 amide bonds. The highest BCUT2D eigenvalue weighted by atomic mass is 16.4. The van der Waals surface area contributed by atoms with Gasteiger partial charge in [0.2, 0.25) is 0 Å². The van der Waals surface area contributed by atoms with Crippen LogP contribution in [0, 0.1) is 0 Å². The number of rotatable bonds is 6. The Hall–Kier alpha value is -1.30. The lowest BCUT2D eigenvalue weighted by Crippen LogP contribution is -2.51. The fourth-order valence-corrected chi connectivity index (χ4v) is 1.25. The summed E-state index contributed by atoms with van der Waals surface area (Å²) < 4.78 is 0. The predicted octanol–water partition coefficient (Wildman–Crippen LogP) is 0.262. The van der Waals surface area contributed by atoms with Gasteiger partial charge >= 0.3 is 12.0 Å².